The Morgan fingerprint density at radius 3 is 2.68 bits per heavy atom. The van der Waals surface area contributed by atoms with Gasteiger partial charge in [-0.05, 0) is 36.2 Å². The Bertz CT molecular complexity index is 861. The second-order valence-electron chi connectivity index (χ2n) is 5.66. The van der Waals surface area contributed by atoms with Crippen molar-refractivity contribution in [3.8, 4) is 5.69 Å². The molecule has 0 bridgehead atoms. The van der Waals surface area contributed by atoms with Crippen LogP contribution in [0.5, 0.6) is 0 Å². The average molecular weight is 355 g/mol. The molecule has 25 heavy (non-hydrogen) atoms. The van der Waals surface area contributed by atoms with Gasteiger partial charge in [0.15, 0.2) is 0 Å². The first-order chi connectivity index (χ1) is 12.2. The van der Waals surface area contributed by atoms with E-state index in [-0.39, 0.29) is 5.91 Å². The van der Waals surface area contributed by atoms with E-state index in [0.717, 1.165) is 29.8 Å². The first kappa shape index (κ1) is 17.2. The van der Waals surface area contributed by atoms with Gasteiger partial charge in [-0.3, -0.25) is 9.78 Å². The first-order valence-corrected chi connectivity index (χ1v) is 8.57. The Labute approximate surface area is 151 Å². The highest BCUT2D eigenvalue weighted by Gasteiger charge is 2.18. The predicted molar refractivity (Wildman–Crippen MR) is 98.0 cm³/mol. The van der Waals surface area contributed by atoms with Crippen LogP contribution in [0, 0.1) is 0 Å². The van der Waals surface area contributed by atoms with Crippen LogP contribution in [0.3, 0.4) is 0 Å². The fourth-order valence-corrected chi connectivity index (χ4v) is 2.87. The standard InChI is InChI=1S/C19H19ClN4O/c1-2-5-17-15(19(25)22-12-14-8-10-21-11-9-14)13-23-24(17)18-7-4-3-6-16(18)20/h3-4,6-11,13H,2,5,12H2,1H3,(H,22,25). The number of halogens is 1. The molecule has 1 N–H and O–H groups in total. The quantitative estimate of drug-likeness (QED) is 0.732. The van der Waals surface area contributed by atoms with Crippen molar-refractivity contribution in [2.45, 2.75) is 26.3 Å². The number of pyridine rings is 1. The van der Waals surface area contributed by atoms with Crippen molar-refractivity contribution >= 4 is 17.5 Å². The Balaban J connectivity index is 1.86. The molecule has 0 saturated carbocycles. The third-order valence-corrected chi connectivity index (χ3v) is 4.20. The smallest absolute Gasteiger partial charge is 0.255 e. The topological polar surface area (TPSA) is 59.8 Å². The van der Waals surface area contributed by atoms with Crippen LogP contribution >= 0.6 is 11.6 Å². The number of rotatable bonds is 6. The summed E-state index contributed by atoms with van der Waals surface area (Å²) in [5.41, 5.74) is 3.22. The van der Waals surface area contributed by atoms with Gasteiger partial charge in [-0.1, -0.05) is 37.1 Å². The molecule has 6 heteroatoms. The molecule has 2 aromatic heterocycles. The number of hydrogen-bond acceptors (Lipinski definition) is 3. The molecular formula is C19H19ClN4O. The zero-order chi connectivity index (χ0) is 17.6. The van der Waals surface area contributed by atoms with Crippen LogP contribution in [0.2, 0.25) is 5.02 Å². The second kappa shape index (κ2) is 7.94. The summed E-state index contributed by atoms with van der Waals surface area (Å²) < 4.78 is 1.76. The molecule has 3 rings (SSSR count). The van der Waals surface area contributed by atoms with Gasteiger partial charge >= 0.3 is 0 Å². The molecule has 0 saturated heterocycles. The molecule has 0 atom stereocenters. The number of para-hydroxylation sites is 1. The SMILES string of the molecule is CCCc1c(C(=O)NCc2ccncc2)cnn1-c1ccccc1Cl. The summed E-state index contributed by atoms with van der Waals surface area (Å²) in [6.07, 6.45) is 6.67. The van der Waals surface area contributed by atoms with Gasteiger partial charge in [-0.25, -0.2) is 4.68 Å². The van der Waals surface area contributed by atoms with Gasteiger partial charge in [-0.15, -0.1) is 0 Å². The third kappa shape index (κ3) is 3.88. The highest BCUT2D eigenvalue weighted by Crippen LogP contribution is 2.23. The monoisotopic (exact) mass is 354 g/mol. The molecule has 5 nitrogen and oxygen atoms in total. The van der Waals surface area contributed by atoms with Gasteiger partial charge in [0, 0.05) is 18.9 Å². The molecule has 0 fully saturated rings. The number of nitrogens with zero attached hydrogens (tertiary/aromatic N) is 3. The van der Waals surface area contributed by atoms with Crippen LogP contribution in [-0.2, 0) is 13.0 Å². The molecule has 128 valence electrons. The van der Waals surface area contributed by atoms with Crippen LogP contribution in [0.15, 0.2) is 55.0 Å². The minimum atomic E-state index is -0.140. The van der Waals surface area contributed by atoms with Crippen LogP contribution in [0.4, 0.5) is 0 Å². The predicted octanol–water partition coefficient (Wildman–Crippen LogP) is 3.80. The van der Waals surface area contributed by atoms with Crippen molar-refractivity contribution < 1.29 is 4.79 Å². The minimum Gasteiger partial charge on any atom is -0.348 e. The van der Waals surface area contributed by atoms with Crippen molar-refractivity contribution in [2.75, 3.05) is 0 Å². The van der Waals surface area contributed by atoms with E-state index in [1.54, 1.807) is 23.3 Å². The molecule has 0 spiro atoms. The zero-order valence-electron chi connectivity index (χ0n) is 13.9. The molecular weight excluding hydrogens is 336 g/mol. The molecule has 0 aliphatic rings. The van der Waals surface area contributed by atoms with E-state index in [2.05, 4.69) is 22.3 Å². The Kier molecular flexibility index (Phi) is 5.46. The summed E-state index contributed by atoms with van der Waals surface area (Å²) in [5, 5.41) is 7.95. The number of benzene rings is 1. The lowest BCUT2D eigenvalue weighted by atomic mass is 10.1. The van der Waals surface area contributed by atoms with E-state index in [0.29, 0.717) is 17.1 Å². The van der Waals surface area contributed by atoms with Crippen molar-refractivity contribution in [1.29, 1.82) is 0 Å². The van der Waals surface area contributed by atoms with Crippen molar-refractivity contribution in [1.82, 2.24) is 20.1 Å². The van der Waals surface area contributed by atoms with Gasteiger partial charge < -0.3 is 5.32 Å². The molecule has 0 aliphatic carbocycles. The maximum atomic E-state index is 12.6. The van der Waals surface area contributed by atoms with Gasteiger partial charge in [0.2, 0.25) is 0 Å². The highest BCUT2D eigenvalue weighted by atomic mass is 35.5. The van der Waals surface area contributed by atoms with Gasteiger partial charge in [0.25, 0.3) is 5.91 Å². The van der Waals surface area contributed by atoms with Crippen LogP contribution < -0.4 is 5.32 Å². The lowest BCUT2D eigenvalue weighted by Gasteiger charge is -2.10. The minimum absolute atomic E-state index is 0.140. The molecule has 2 heterocycles. The summed E-state index contributed by atoms with van der Waals surface area (Å²) in [7, 11) is 0. The summed E-state index contributed by atoms with van der Waals surface area (Å²) >= 11 is 6.29. The molecule has 1 aromatic carbocycles. The fraction of sp³-hybridized carbons (Fsp3) is 0.211. The summed E-state index contributed by atoms with van der Waals surface area (Å²) in [5.74, 6) is -0.140. The van der Waals surface area contributed by atoms with Crippen molar-refractivity contribution in [3.05, 3.63) is 76.8 Å². The normalized spacial score (nSPS) is 10.6. The van der Waals surface area contributed by atoms with E-state index in [9.17, 15) is 4.79 Å². The first-order valence-electron chi connectivity index (χ1n) is 8.19. The number of amides is 1. The van der Waals surface area contributed by atoms with E-state index in [1.807, 2.05) is 36.4 Å². The molecule has 0 radical (unpaired) electrons. The average Bonchev–Trinajstić information content (AvgIpc) is 3.05. The van der Waals surface area contributed by atoms with Crippen LogP contribution in [0.25, 0.3) is 5.69 Å². The van der Waals surface area contributed by atoms with Crippen LogP contribution in [0.1, 0.15) is 35.0 Å². The lowest BCUT2D eigenvalue weighted by Crippen LogP contribution is -2.24. The molecule has 3 aromatic rings. The van der Waals surface area contributed by atoms with Crippen molar-refractivity contribution in [2.24, 2.45) is 0 Å². The lowest BCUT2D eigenvalue weighted by molar-refractivity contribution is 0.0950. The number of carbonyl (C=O) groups excluding carboxylic acids is 1. The zero-order valence-corrected chi connectivity index (χ0v) is 14.7. The largest absolute Gasteiger partial charge is 0.348 e. The summed E-state index contributed by atoms with van der Waals surface area (Å²) in [6, 6.07) is 11.2. The van der Waals surface area contributed by atoms with E-state index in [4.69, 9.17) is 11.6 Å². The van der Waals surface area contributed by atoms with Crippen molar-refractivity contribution in [3.63, 3.8) is 0 Å². The maximum Gasteiger partial charge on any atom is 0.255 e. The highest BCUT2D eigenvalue weighted by molar-refractivity contribution is 6.32. The Morgan fingerprint density at radius 1 is 1.20 bits per heavy atom. The molecule has 0 unspecified atom stereocenters. The van der Waals surface area contributed by atoms with E-state index >= 15 is 0 Å². The number of aromatic nitrogens is 3. The maximum absolute atomic E-state index is 12.6. The third-order valence-electron chi connectivity index (χ3n) is 3.88. The van der Waals surface area contributed by atoms with Gasteiger partial charge in [0.05, 0.1) is 28.2 Å². The summed E-state index contributed by atoms with van der Waals surface area (Å²) in [6.45, 7) is 2.52. The second-order valence-corrected chi connectivity index (χ2v) is 6.06. The van der Waals surface area contributed by atoms with Gasteiger partial charge in [-0.2, -0.15) is 5.10 Å². The number of nitrogens with one attached hydrogen (secondary N) is 1. The number of hydrogen-bond donors (Lipinski definition) is 1. The Morgan fingerprint density at radius 2 is 1.96 bits per heavy atom. The Hall–Kier alpha value is -2.66. The van der Waals surface area contributed by atoms with Gasteiger partial charge in [0.1, 0.15) is 0 Å². The van der Waals surface area contributed by atoms with E-state index in [1.165, 1.54) is 0 Å². The molecule has 0 aliphatic heterocycles. The van der Waals surface area contributed by atoms with E-state index < -0.39 is 0 Å². The van der Waals surface area contributed by atoms with Crippen LogP contribution in [-0.4, -0.2) is 20.7 Å². The summed E-state index contributed by atoms with van der Waals surface area (Å²) in [4.78, 5) is 16.6. The number of carbonyl (C=O) groups is 1. The fourth-order valence-electron chi connectivity index (χ4n) is 2.65. The molecule has 1 amide bonds.